The van der Waals surface area contributed by atoms with Crippen molar-refractivity contribution in [3.63, 3.8) is 0 Å². The summed E-state index contributed by atoms with van der Waals surface area (Å²) in [4.78, 5) is 4.07. The van der Waals surface area contributed by atoms with Crippen LogP contribution in [0.5, 0.6) is 0 Å². The Morgan fingerprint density at radius 1 is 1.29 bits per heavy atom. The van der Waals surface area contributed by atoms with E-state index in [1.54, 1.807) is 20.2 Å². The third-order valence-electron chi connectivity index (χ3n) is 3.18. The van der Waals surface area contributed by atoms with Gasteiger partial charge in [0, 0.05) is 27.2 Å². The third-order valence-corrected chi connectivity index (χ3v) is 3.18. The van der Waals surface area contributed by atoms with Crippen LogP contribution in [0.3, 0.4) is 0 Å². The molecule has 6 heteroatoms. The molecule has 0 unspecified atom stereocenters. The van der Waals surface area contributed by atoms with Gasteiger partial charge in [-0.15, -0.1) is 0 Å². The van der Waals surface area contributed by atoms with Crippen LogP contribution in [0, 0.1) is 11.6 Å². The molecule has 118 valence electrons. The molecular weight excluding hydrogens is 276 g/mol. The van der Waals surface area contributed by atoms with Crippen molar-refractivity contribution in [2.45, 2.75) is 25.9 Å². The normalized spacial score (nSPS) is 12.4. The fourth-order valence-corrected chi connectivity index (χ4v) is 1.65. The van der Waals surface area contributed by atoms with Gasteiger partial charge in [-0.3, -0.25) is 4.99 Å². The topological polar surface area (TPSA) is 45.7 Å². The summed E-state index contributed by atoms with van der Waals surface area (Å²) in [6, 6.07) is 4.19. The summed E-state index contributed by atoms with van der Waals surface area (Å²) in [5, 5.41) is 6.17. The molecule has 1 aromatic rings. The molecule has 0 atom stereocenters. The molecule has 0 bridgehead atoms. The second-order valence-corrected chi connectivity index (χ2v) is 5.28. The lowest BCUT2D eigenvalue weighted by Gasteiger charge is -2.24. The van der Waals surface area contributed by atoms with E-state index in [2.05, 4.69) is 15.6 Å². The van der Waals surface area contributed by atoms with Gasteiger partial charge in [0.1, 0.15) is 0 Å². The van der Waals surface area contributed by atoms with E-state index >= 15 is 0 Å². The number of nitrogens with zero attached hydrogens (tertiary/aromatic N) is 1. The minimum atomic E-state index is -0.822. The number of hydrogen-bond donors (Lipinski definition) is 2. The van der Waals surface area contributed by atoms with E-state index in [4.69, 9.17) is 4.74 Å². The molecule has 0 heterocycles. The first-order chi connectivity index (χ1) is 9.89. The highest BCUT2D eigenvalue weighted by Gasteiger charge is 2.16. The number of nitrogens with one attached hydrogen (secondary N) is 2. The molecule has 0 aliphatic rings. The van der Waals surface area contributed by atoms with E-state index < -0.39 is 11.6 Å². The van der Waals surface area contributed by atoms with Gasteiger partial charge in [-0.05, 0) is 31.9 Å². The number of hydrogen-bond acceptors (Lipinski definition) is 2. The summed E-state index contributed by atoms with van der Waals surface area (Å²) in [7, 11) is 3.29. The van der Waals surface area contributed by atoms with Gasteiger partial charge in [0.15, 0.2) is 17.6 Å². The van der Waals surface area contributed by atoms with Crippen LogP contribution in [0.2, 0.25) is 0 Å². The van der Waals surface area contributed by atoms with Crippen LogP contribution < -0.4 is 10.6 Å². The maximum absolute atomic E-state index is 13.5. The zero-order valence-corrected chi connectivity index (χ0v) is 13.0. The van der Waals surface area contributed by atoms with Crippen molar-refractivity contribution in [1.82, 2.24) is 10.6 Å². The van der Waals surface area contributed by atoms with Crippen molar-refractivity contribution in [3.8, 4) is 0 Å². The van der Waals surface area contributed by atoms with Crippen LogP contribution in [0.15, 0.2) is 23.2 Å². The Hall–Kier alpha value is -1.69. The minimum absolute atomic E-state index is 0.313. The lowest BCUT2D eigenvalue weighted by atomic mass is 10.1. The van der Waals surface area contributed by atoms with Gasteiger partial charge >= 0.3 is 0 Å². The van der Waals surface area contributed by atoms with Gasteiger partial charge in [-0.1, -0.05) is 12.1 Å². The Balaban J connectivity index is 2.44. The van der Waals surface area contributed by atoms with Crippen molar-refractivity contribution >= 4 is 5.96 Å². The summed E-state index contributed by atoms with van der Waals surface area (Å²) >= 11 is 0. The van der Waals surface area contributed by atoms with E-state index in [1.807, 2.05) is 13.8 Å². The van der Waals surface area contributed by atoms with Gasteiger partial charge < -0.3 is 15.4 Å². The monoisotopic (exact) mass is 299 g/mol. The van der Waals surface area contributed by atoms with Crippen molar-refractivity contribution in [2.24, 2.45) is 4.99 Å². The molecule has 0 aromatic heterocycles. The smallest absolute Gasteiger partial charge is 0.191 e. The molecule has 0 saturated carbocycles. The fraction of sp³-hybridized carbons (Fsp3) is 0.533. The SMILES string of the molecule is CN=C(NCCc1cccc(F)c1F)NCC(C)(C)OC. The van der Waals surface area contributed by atoms with Crippen molar-refractivity contribution in [1.29, 1.82) is 0 Å². The summed E-state index contributed by atoms with van der Waals surface area (Å²) < 4.78 is 31.9. The van der Waals surface area contributed by atoms with Crippen LogP contribution in [0.25, 0.3) is 0 Å². The van der Waals surface area contributed by atoms with E-state index in [0.717, 1.165) is 6.07 Å². The van der Waals surface area contributed by atoms with Gasteiger partial charge in [0.05, 0.1) is 5.60 Å². The lowest BCUT2D eigenvalue weighted by Crippen LogP contribution is -2.45. The second-order valence-electron chi connectivity index (χ2n) is 5.28. The maximum Gasteiger partial charge on any atom is 0.191 e. The lowest BCUT2D eigenvalue weighted by molar-refractivity contribution is 0.0268. The first-order valence-electron chi connectivity index (χ1n) is 6.82. The molecule has 1 aromatic carbocycles. The Labute approximate surface area is 124 Å². The molecule has 0 radical (unpaired) electrons. The third kappa shape index (κ3) is 5.67. The van der Waals surface area contributed by atoms with Gasteiger partial charge in [0.2, 0.25) is 0 Å². The van der Waals surface area contributed by atoms with Crippen LogP contribution in [-0.4, -0.2) is 38.8 Å². The highest BCUT2D eigenvalue weighted by molar-refractivity contribution is 5.79. The zero-order valence-electron chi connectivity index (χ0n) is 13.0. The molecule has 1 rings (SSSR count). The first-order valence-corrected chi connectivity index (χ1v) is 6.82. The van der Waals surface area contributed by atoms with Crippen molar-refractivity contribution < 1.29 is 13.5 Å². The number of rotatable bonds is 6. The van der Waals surface area contributed by atoms with Gasteiger partial charge in [0.25, 0.3) is 0 Å². The number of ether oxygens (including phenoxy) is 1. The largest absolute Gasteiger partial charge is 0.377 e. The zero-order chi connectivity index (χ0) is 15.9. The van der Waals surface area contributed by atoms with Crippen molar-refractivity contribution in [3.05, 3.63) is 35.4 Å². The highest BCUT2D eigenvalue weighted by Crippen LogP contribution is 2.11. The Kier molecular flexibility index (Phi) is 6.55. The highest BCUT2D eigenvalue weighted by atomic mass is 19.2. The van der Waals surface area contributed by atoms with E-state index in [9.17, 15) is 8.78 Å². The summed E-state index contributed by atoms with van der Waals surface area (Å²) in [6.07, 6.45) is 0.373. The number of aliphatic imine (C=N–C) groups is 1. The molecular formula is C15H23F2N3O. The van der Waals surface area contributed by atoms with E-state index in [0.29, 0.717) is 31.0 Å². The molecule has 0 amide bonds. The standard InChI is InChI=1S/C15H23F2N3O/c1-15(2,21-4)10-20-14(18-3)19-9-8-11-6-5-7-12(16)13(11)17/h5-7H,8-10H2,1-4H3,(H2,18,19,20). The Bertz CT molecular complexity index is 490. The molecule has 0 aliphatic carbocycles. The molecule has 21 heavy (non-hydrogen) atoms. The number of methoxy groups -OCH3 is 1. The Morgan fingerprint density at radius 2 is 2.00 bits per heavy atom. The second kappa shape index (κ2) is 7.93. The minimum Gasteiger partial charge on any atom is -0.377 e. The maximum atomic E-state index is 13.5. The van der Waals surface area contributed by atoms with E-state index in [-0.39, 0.29) is 5.60 Å². The average molecular weight is 299 g/mol. The molecule has 0 aliphatic heterocycles. The molecule has 0 fully saturated rings. The van der Waals surface area contributed by atoms with Crippen molar-refractivity contribution in [2.75, 3.05) is 27.2 Å². The predicted octanol–water partition coefficient (Wildman–Crippen LogP) is 2.10. The quantitative estimate of drug-likeness (QED) is 0.624. The van der Waals surface area contributed by atoms with Crippen LogP contribution in [-0.2, 0) is 11.2 Å². The van der Waals surface area contributed by atoms with E-state index in [1.165, 1.54) is 6.07 Å². The number of halogens is 2. The van der Waals surface area contributed by atoms with Crippen LogP contribution >= 0.6 is 0 Å². The predicted molar refractivity (Wildman–Crippen MR) is 80.5 cm³/mol. The first kappa shape index (κ1) is 17.4. The summed E-state index contributed by atoms with van der Waals surface area (Å²) in [5.41, 5.74) is 0.0295. The Morgan fingerprint density at radius 3 is 2.62 bits per heavy atom. The van der Waals surface area contributed by atoms with Crippen LogP contribution in [0.1, 0.15) is 19.4 Å². The molecule has 0 spiro atoms. The molecule has 0 saturated heterocycles. The summed E-state index contributed by atoms with van der Waals surface area (Å²) in [6.45, 7) is 4.94. The average Bonchev–Trinajstić information content (AvgIpc) is 2.47. The molecule has 2 N–H and O–H groups in total. The van der Waals surface area contributed by atoms with Gasteiger partial charge in [-0.2, -0.15) is 0 Å². The number of benzene rings is 1. The fourth-order valence-electron chi connectivity index (χ4n) is 1.65. The molecule has 4 nitrogen and oxygen atoms in total. The number of guanidine groups is 1. The van der Waals surface area contributed by atoms with Gasteiger partial charge in [-0.25, -0.2) is 8.78 Å². The summed E-state index contributed by atoms with van der Waals surface area (Å²) in [5.74, 6) is -1.02. The van der Waals surface area contributed by atoms with Crippen LogP contribution in [0.4, 0.5) is 8.78 Å².